The average Bonchev–Trinajstić information content (AvgIpc) is 2.92. The van der Waals surface area contributed by atoms with Crippen molar-refractivity contribution in [2.45, 2.75) is 45.3 Å². The summed E-state index contributed by atoms with van der Waals surface area (Å²) in [5.74, 6) is -1.22. The maximum atomic E-state index is 11.9. The largest absolute Gasteiger partial charge is 0.479 e. The Bertz CT molecular complexity index is 521. The summed E-state index contributed by atoms with van der Waals surface area (Å²) in [6.07, 6.45) is 0.138. The molecule has 21 heavy (non-hydrogen) atoms. The number of aryl methyl sites for hydroxylation is 2. The Balaban J connectivity index is 1.81. The summed E-state index contributed by atoms with van der Waals surface area (Å²) in [7, 11) is 0. The fourth-order valence-electron chi connectivity index (χ4n) is 2.68. The molecule has 1 aliphatic rings. The summed E-state index contributed by atoms with van der Waals surface area (Å²) in [5, 5.41) is 11.7. The molecule has 0 radical (unpaired) electrons. The van der Waals surface area contributed by atoms with Crippen molar-refractivity contribution in [3.8, 4) is 0 Å². The lowest BCUT2D eigenvalue weighted by molar-refractivity contribution is -0.151. The number of carboxylic acid groups (broad SMARTS) is 1. The fraction of sp³-hybridized carbons (Fsp3) is 0.500. The number of amides is 1. The second-order valence-corrected chi connectivity index (χ2v) is 5.44. The van der Waals surface area contributed by atoms with E-state index in [2.05, 4.69) is 31.3 Å². The Labute approximate surface area is 124 Å². The predicted octanol–water partition coefficient (Wildman–Crippen LogP) is 1.59. The molecule has 2 atom stereocenters. The van der Waals surface area contributed by atoms with Gasteiger partial charge < -0.3 is 15.2 Å². The summed E-state index contributed by atoms with van der Waals surface area (Å²) >= 11 is 0. The minimum atomic E-state index is -0.999. The van der Waals surface area contributed by atoms with Crippen LogP contribution in [0.5, 0.6) is 0 Å². The first kappa shape index (κ1) is 15.5. The zero-order valence-corrected chi connectivity index (χ0v) is 12.4. The van der Waals surface area contributed by atoms with Gasteiger partial charge in [0.05, 0.1) is 0 Å². The van der Waals surface area contributed by atoms with Crippen LogP contribution in [0.3, 0.4) is 0 Å². The number of aliphatic carboxylic acids is 1. The van der Waals surface area contributed by atoms with Gasteiger partial charge in [-0.3, -0.25) is 4.79 Å². The quantitative estimate of drug-likeness (QED) is 0.864. The molecule has 5 nitrogen and oxygen atoms in total. The van der Waals surface area contributed by atoms with Gasteiger partial charge in [-0.05, 0) is 49.8 Å². The minimum absolute atomic E-state index is 0.218. The van der Waals surface area contributed by atoms with Crippen molar-refractivity contribution in [1.29, 1.82) is 0 Å². The highest BCUT2D eigenvalue weighted by molar-refractivity contribution is 5.82. The molecule has 1 amide bonds. The number of benzene rings is 1. The zero-order chi connectivity index (χ0) is 15.4. The topological polar surface area (TPSA) is 75.6 Å². The van der Waals surface area contributed by atoms with E-state index >= 15 is 0 Å². The van der Waals surface area contributed by atoms with Crippen LogP contribution in [-0.4, -0.2) is 35.7 Å². The van der Waals surface area contributed by atoms with Crippen molar-refractivity contribution in [1.82, 2.24) is 5.32 Å². The predicted molar refractivity (Wildman–Crippen MR) is 78.2 cm³/mol. The number of hydrogen-bond donors (Lipinski definition) is 2. The molecule has 0 saturated carbocycles. The summed E-state index contributed by atoms with van der Waals surface area (Å²) in [4.78, 5) is 22.7. The first-order valence-electron chi connectivity index (χ1n) is 7.20. The molecular formula is C16H21NO4. The van der Waals surface area contributed by atoms with Crippen LogP contribution in [0.4, 0.5) is 0 Å². The molecule has 0 spiro atoms. The van der Waals surface area contributed by atoms with E-state index in [0.29, 0.717) is 19.4 Å². The van der Waals surface area contributed by atoms with E-state index in [-0.39, 0.29) is 5.91 Å². The van der Waals surface area contributed by atoms with E-state index in [4.69, 9.17) is 9.84 Å². The molecule has 0 aliphatic carbocycles. The Hall–Kier alpha value is -1.88. The van der Waals surface area contributed by atoms with Crippen LogP contribution in [0.2, 0.25) is 0 Å². The van der Waals surface area contributed by atoms with Crippen LogP contribution in [0.1, 0.15) is 29.5 Å². The van der Waals surface area contributed by atoms with Crippen molar-refractivity contribution in [2.75, 3.05) is 6.54 Å². The van der Waals surface area contributed by atoms with Crippen LogP contribution in [0.25, 0.3) is 0 Å². The summed E-state index contributed by atoms with van der Waals surface area (Å²) in [5.41, 5.74) is 3.67. The highest BCUT2D eigenvalue weighted by Crippen LogP contribution is 2.20. The lowest BCUT2D eigenvalue weighted by Gasteiger charge is -2.13. The maximum absolute atomic E-state index is 11.9. The number of carbonyl (C=O) groups excluding carboxylic acids is 1. The van der Waals surface area contributed by atoms with Crippen LogP contribution in [0.15, 0.2) is 18.2 Å². The molecule has 2 rings (SSSR count). The summed E-state index contributed by atoms with van der Waals surface area (Å²) in [6, 6.07) is 6.13. The molecule has 5 heteroatoms. The van der Waals surface area contributed by atoms with Gasteiger partial charge in [-0.25, -0.2) is 4.79 Å². The van der Waals surface area contributed by atoms with E-state index in [1.165, 1.54) is 16.7 Å². The highest BCUT2D eigenvalue weighted by atomic mass is 16.5. The van der Waals surface area contributed by atoms with E-state index in [0.717, 1.165) is 6.42 Å². The van der Waals surface area contributed by atoms with Crippen LogP contribution in [0, 0.1) is 13.8 Å². The van der Waals surface area contributed by atoms with E-state index in [1.807, 2.05) is 6.07 Å². The number of carboxylic acids is 1. The first-order valence-corrected chi connectivity index (χ1v) is 7.20. The third-order valence-corrected chi connectivity index (χ3v) is 3.91. The highest BCUT2D eigenvalue weighted by Gasteiger charge is 2.34. The average molecular weight is 291 g/mol. The molecule has 1 fully saturated rings. The Morgan fingerprint density at radius 1 is 1.24 bits per heavy atom. The van der Waals surface area contributed by atoms with Crippen molar-refractivity contribution in [3.63, 3.8) is 0 Å². The monoisotopic (exact) mass is 291 g/mol. The molecule has 0 aromatic heterocycles. The molecule has 1 aliphatic heterocycles. The Morgan fingerprint density at radius 2 is 1.86 bits per heavy atom. The van der Waals surface area contributed by atoms with Gasteiger partial charge in [-0.2, -0.15) is 0 Å². The molecule has 1 heterocycles. The number of carbonyl (C=O) groups is 2. The molecule has 0 bridgehead atoms. The van der Waals surface area contributed by atoms with Gasteiger partial charge in [-0.1, -0.05) is 18.2 Å². The fourth-order valence-corrected chi connectivity index (χ4v) is 2.68. The lowest BCUT2D eigenvalue weighted by Crippen LogP contribution is -2.36. The normalized spacial score (nSPS) is 21.2. The van der Waals surface area contributed by atoms with Gasteiger partial charge in [0.15, 0.2) is 6.10 Å². The van der Waals surface area contributed by atoms with Gasteiger partial charge in [-0.15, -0.1) is 0 Å². The minimum Gasteiger partial charge on any atom is -0.479 e. The summed E-state index contributed by atoms with van der Waals surface area (Å²) in [6.45, 7) is 4.64. The molecule has 1 saturated heterocycles. The second kappa shape index (κ2) is 6.72. The van der Waals surface area contributed by atoms with E-state index in [1.54, 1.807) is 0 Å². The lowest BCUT2D eigenvalue weighted by atomic mass is 10.0. The van der Waals surface area contributed by atoms with Crippen molar-refractivity contribution < 1.29 is 19.4 Å². The molecule has 2 N–H and O–H groups in total. The molecule has 0 unspecified atom stereocenters. The number of nitrogens with one attached hydrogen (secondary N) is 1. The van der Waals surface area contributed by atoms with E-state index < -0.39 is 18.2 Å². The van der Waals surface area contributed by atoms with Crippen LogP contribution in [-0.2, 0) is 20.7 Å². The van der Waals surface area contributed by atoms with Crippen LogP contribution >= 0.6 is 0 Å². The van der Waals surface area contributed by atoms with Crippen LogP contribution < -0.4 is 5.32 Å². The molecule has 1 aromatic carbocycles. The van der Waals surface area contributed by atoms with Gasteiger partial charge in [0.1, 0.15) is 6.10 Å². The van der Waals surface area contributed by atoms with Crippen molar-refractivity contribution >= 4 is 11.9 Å². The number of ether oxygens (including phenoxy) is 1. The third-order valence-electron chi connectivity index (χ3n) is 3.91. The Morgan fingerprint density at radius 3 is 2.43 bits per heavy atom. The first-order chi connectivity index (χ1) is 9.99. The SMILES string of the molecule is Cc1cccc(C)c1CCNC(=O)[C@@H]1CC[C@H](C(=O)O)O1. The third kappa shape index (κ3) is 3.82. The zero-order valence-electron chi connectivity index (χ0n) is 12.4. The molecular weight excluding hydrogens is 270 g/mol. The van der Waals surface area contributed by atoms with Gasteiger partial charge in [0.25, 0.3) is 0 Å². The summed E-state index contributed by atoms with van der Waals surface area (Å²) < 4.78 is 5.22. The number of hydrogen-bond acceptors (Lipinski definition) is 3. The van der Waals surface area contributed by atoms with E-state index in [9.17, 15) is 9.59 Å². The van der Waals surface area contributed by atoms with Crippen molar-refractivity contribution in [2.24, 2.45) is 0 Å². The smallest absolute Gasteiger partial charge is 0.332 e. The number of rotatable bonds is 5. The van der Waals surface area contributed by atoms with Crippen molar-refractivity contribution in [3.05, 3.63) is 34.9 Å². The van der Waals surface area contributed by atoms with Gasteiger partial charge in [0.2, 0.25) is 5.91 Å². The van der Waals surface area contributed by atoms with Gasteiger partial charge in [0, 0.05) is 6.54 Å². The standard InChI is InChI=1S/C16H21NO4/c1-10-4-3-5-11(2)12(10)8-9-17-15(18)13-6-7-14(21-13)16(19)20/h3-5,13-14H,6-9H2,1-2H3,(H,17,18)(H,19,20)/t13-,14+/m0/s1. The molecule has 1 aromatic rings. The Kier molecular flexibility index (Phi) is 4.96. The van der Waals surface area contributed by atoms with Gasteiger partial charge >= 0.3 is 5.97 Å². The maximum Gasteiger partial charge on any atom is 0.332 e. The molecule has 114 valence electrons. The second-order valence-electron chi connectivity index (χ2n) is 5.44.